The number of aromatic carboxylic acids is 1. The smallest absolute Gasteiger partial charge is 0.341 e. The van der Waals surface area contributed by atoms with Crippen molar-refractivity contribution in [3.63, 3.8) is 0 Å². The van der Waals surface area contributed by atoms with Gasteiger partial charge in [-0.25, -0.2) is 4.79 Å². The summed E-state index contributed by atoms with van der Waals surface area (Å²) in [6.45, 7) is 1.84. The highest BCUT2D eigenvalue weighted by atomic mass is 16.4. The van der Waals surface area contributed by atoms with E-state index in [0.717, 1.165) is 67.7 Å². The molecule has 1 saturated heterocycles. The number of hydrogen-bond donors (Lipinski definition) is 2. The molecule has 2 N–H and O–H groups in total. The number of rotatable bonds is 2. The standard InChI is InChI=1S/C20H20N2O4/c23-17-9-15-13-8-16(21-5-2-6-21)18(24)7-12(13)10-20(3-1-4-20)22(15)11-14(17)19(25)26/h7-9,11,24H,1-6,10H2,(H,25,26). The van der Waals surface area contributed by atoms with Crippen molar-refractivity contribution in [1.82, 2.24) is 4.57 Å². The topological polar surface area (TPSA) is 82.8 Å². The molecule has 1 aliphatic carbocycles. The fourth-order valence-electron chi connectivity index (χ4n) is 4.55. The Hall–Kier alpha value is -2.76. The number of carbonyl (C=O) groups is 1. The summed E-state index contributed by atoms with van der Waals surface area (Å²) in [5.74, 6) is -0.895. The van der Waals surface area contributed by atoms with Crippen LogP contribution in [0.25, 0.3) is 11.3 Å². The van der Waals surface area contributed by atoms with Gasteiger partial charge in [-0.2, -0.15) is 0 Å². The average molecular weight is 352 g/mol. The minimum absolute atomic E-state index is 0.176. The summed E-state index contributed by atoms with van der Waals surface area (Å²) in [6, 6.07) is 5.25. The lowest BCUT2D eigenvalue weighted by molar-refractivity contribution is 0.0691. The van der Waals surface area contributed by atoms with Gasteiger partial charge in [0.2, 0.25) is 0 Å². The van der Waals surface area contributed by atoms with Crippen LogP contribution < -0.4 is 10.3 Å². The van der Waals surface area contributed by atoms with Crippen molar-refractivity contribution in [1.29, 1.82) is 0 Å². The number of fused-ring (bicyclic) bond motifs is 4. The fourth-order valence-corrected chi connectivity index (χ4v) is 4.55. The van der Waals surface area contributed by atoms with Gasteiger partial charge in [-0.1, -0.05) is 0 Å². The molecule has 1 aromatic carbocycles. The minimum Gasteiger partial charge on any atom is -0.506 e. The molecule has 2 aromatic rings. The molecule has 0 unspecified atom stereocenters. The zero-order chi connectivity index (χ0) is 18.1. The Kier molecular flexibility index (Phi) is 3.05. The van der Waals surface area contributed by atoms with Crippen molar-refractivity contribution in [3.05, 3.63) is 45.7 Å². The largest absolute Gasteiger partial charge is 0.506 e. The fraction of sp³-hybridized carbons (Fsp3) is 0.400. The summed E-state index contributed by atoms with van der Waals surface area (Å²) in [6.07, 6.45) is 6.38. The van der Waals surface area contributed by atoms with Crippen LogP contribution in [0.2, 0.25) is 0 Å². The number of phenols is 1. The summed E-state index contributed by atoms with van der Waals surface area (Å²) in [7, 11) is 0. The molecule has 3 heterocycles. The van der Waals surface area contributed by atoms with E-state index in [-0.39, 0.29) is 16.9 Å². The molecule has 2 fully saturated rings. The SMILES string of the molecule is O=C(O)c1cn2c(cc1=O)-c1cc(N3CCC3)c(O)cc1CC21CCC1. The first-order valence-corrected chi connectivity index (χ1v) is 9.10. The van der Waals surface area contributed by atoms with E-state index in [1.807, 2.05) is 16.7 Å². The molecule has 0 bridgehead atoms. The number of aromatic hydroxyl groups is 1. The predicted octanol–water partition coefficient (Wildman–Crippen LogP) is 2.56. The Balaban J connectivity index is 1.75. The molecule has 26 heavy (non-hydrogen) atoms. The van der Waals surface area contributed by atoms with Crippen LogP contribution in [0.3, 0.4) is 0 Å². The van der Waals surface area contributed by atoms with E-state index >= 15 is 0 Å². The Labute approximate surface area is 150 Å². The van der Waals surface area contributed by atoms with Gasteiger partial charge in [0.1, 0.15) is 11.3 Å². The van der Waals surface area contributed by atoms with Gasteiger partial charge in [0.15, 0.2) is 5.43 Å². The van der Waals surface area contributed by atoms with Crippen molar-refractivity contribution in [3.8, 4) is 17.0 Å². The number of hydrogen-bond acceptors (Lipinski definition) is 4. The first kappa shape index (κ1) is 15.5. The van der Waals surface area contributed by atoms with Gasteiger partial charge >= 0.3 is 5.97 Å². The second-order valence-corrected chi connectivity index (χ2v) is 7.71. The summed E-state index contributed by atoms with van der Waals surface area (Å²) >= 11 is 0. The van der Waals surface area contributed by atoms with Crippen LogP contribution in [-0.2, 0) is 12.0 Å². The van der Waals surface area contributed by atoms with E-state index in [0.29, 0.717) is 0 Å². The van der Waals surface area contributed by atoms with Crippen molar-refractivity contribution in [2.75, 3.05) is 18.0 Å². The Morgan fingerprint density at radius 2 is 1.88 bits per heavy atom. The molecule has 5 rings (SSSR count). The molecular formula is C20H20N2O4. The van der Waals surface area contributed by atoms with Crippen LogP contribution in [0.5, 0.6) is 5.75 Å². The molecule has 0 radical (unpaired) electrons. The predicted molar refractivity (Wildman–Crippen MR) is 97.1 cm³/mol. The number of anilines is 1. The van der Waals surface area contributed by atoms with Gasteiger partial charge in [-0.3, -0.25) is 4.79 Å². The van der Waals surface area contributed by atoms with Gasteiger partial charge in [0, 0.05) is 36.5 Å². The molecule has 134 valence electrons. The molecule has 1 aromatic heterocycles. The van der Waals surface area contributed by atoms with E-state index in [9.17, 15) is 19.8 Å². The second kappa shape index (κ2) is 5.13. The summed E-state index contributed by atoms with van der Waals surface area (Å²) in [4.78, 5) is 25.9. The van der Waals surface area contributed by atoms with E-state index < -0.39 is 11.4 Å². The number of pyridine rings is 1. The lowest BCUT2D eigenvalue weighted by Crippen LogP contribution is -2.46. The molecule has 6 heteroatoms. The van der Waals surface area contributed by atoms with E-state index in [1.165, 1.54) is 12.3 Å². The van der Waals surface area contributed by atoms with Crippen LogP contribution in [0, 0.1) is 0 Å². The van der Waals surface area contributed by atoms with E-state index in [1.54, 1.807) is 0 Å². The maximum Gasteiger partial charge on any atom is 0.341 e. The Morgan fingerprint density at radius 3 is 2.46 bits per heavy atom. The first-order chi connectivity index (χ1) is 12.5. The minimum atomic E-state index is -1.18. The highest BCUT2D eigenvalue weighted by Crippen LogP contribution is 2.50. The van der Waals surface area contributed by atoms with Gasteiger partial charge in [0.25, 0.3) is 0 Å². The van der Waals surface area contributed by atoms with Gasteiger partial charge in [-0.05, 0) is 49.8 Å². The Bertz CT molecular complexity index is 1000. The van der Waals surface area contributed by atoms with Crippen LogP contribution in [0.15, 0.2) is 29.2 Å². The Morgan fingerprint density at radius 1 is 1.12 bits per heavy atom. The lowest BCUT2D eigenvalue weighted by Gasteiger charge is -2.49. The van der Waals surface area contributed by atoms with Crippen molar-refractivity contribution in [2.45, 2.75) is 37.6 Å². The van der Waals surface area contributed by atoms with Gasteiger partial charge in [-0.15, -0.1) is 0 Å². The quantitative estimate of drug-likeness (QED) is 0.868. The number of carboxylic acids is 1. The molecule has 3 aliphatic rings. The first-order valence-electron chi connectivity index (χ1n) is 9.10. The maximum atomic E-state index is 12.4. The number of benzene rings is 1. The number of carboxylic acid groups (broad SMARTS) is 1. The number of nitrogens with zero attached hydrogens (tertiary/aromatic N) is 2. The monoisotopic (exact) mass is 352 g/mol. The third-order valence-corrected chi connectivity index (χ3v) is 6.27. The normalized spacial score (nSPS) is 19.3. The number of phenolic OH excluding ortho intramolecular Hbond substituents is 1. The van der Waals surface area contributed by atoms with Crippen LogP contribution >= 0.6 is 0 Å². The molecule has 6 nitrogen and oxygen atoms in total. The number of aromatic nitrogens is 1. The maximum absolute atomic E-state index is 12.4. The third-order valence-electron chi connectivity index (χ3n) is 6.27. The van der Waals surface area contributed by atoms with Crippen molar-refractivity contribution in [2.24, 2.45) is 0 Å². The van der Waals surface area contributed by atoms with Crippen LogP contribution in [0.1, 0.15) is 41.6 Å². The lowest BCUT2D eigenvalue weighted by atomic mass is 9.69. The van der Waals surface area contributed by atoms with Crippen molar-refractivity contribution < 1.29 is 15.0 Å². The molecule has 1 spiro atoms. The molecular weight excluding hydrogens is 332 g/mol. The van der Waals surface area contributed by atoms with Gasteiger partial charge < -0.3 is 19.7 Å². The van der Waals surface area contributed by atoms with Crippen LogP contribution in [0.4, 0.5) is 5.69 Å². The molecule has 0 atom stereocenters. The summed E-state index contributed by atoms with van der Waals surface area (Å²) in [5.41, 5.74) is 2.70. The van der Waals surface area contributed by atoms with Crippen molar-refractivity contribution >= 4 is 11.7 Å². The summed E-state index contributed by atoms with van der Waals surface area (Å²) in [5, 5.41) is 19.9. The second-order valence-electron chi connectivity index (χ2n) is 7.71. The van der Waals surface area contributed by atoms with Crippen LogP contribution in [-0.4, -0.2) is 33.8 Å². The third kappa shape index (κ3) is 1.98. The molecule has 1 saturated carbocycles. The van der Waals surface area contributed by atoms with E-state index in [4.69, 9.17) is 0 Å². The molecule has 2 aliphatic heterocycles. The molecule has 0 amide bonds. The highest BCUT2D eigenvalue weighted by Gasteiger charge is 2.43. The zero-order valence-corrected chi connectivity index (χ0v) is 14.4. The highest BCUT2D eigenvalue weighted by molar-refractivity contribution is 5.88. The average Bonchev–Trinajstić information content (AvgIpc) is 2.51. The zero-order valence-electron chi connectivity index (χ0n) is 14.4. The van der Waals surface area contributed by atoms with E-state index in [2.05, 4.69) is 4.90 Å². The summed E-state index contributed by atoms with van der Waals surface area (Å²) < 4.78 is 2.01. The van der Waals surface area contributed by atoms with Gasteiger partial charge in [0.05, 0.1) is 11.4 Å².